The zero-order valence-corrected chi connectivity index (χ0v) is 10.8. The van der Waals surface area contributed by atoms with Crippen LogP contribution in [0.2, 0.25) is 0 Å². The van der Waals surface area contributed by atoms with Crippen molar-refractivity contribution in [1.82, 2.24) is 0 Å². The van der Waals surface area contributed by atoms with Gasteiger partial charge in [0.25, 0.3) is 0 Å². The van der Waals surface area contributed by atoms with Crippen LogP contribution in [0.5, 0.6) is 11.5 Å². The van der Waals surface area contributed by atoms with E-state index in [0.717, 1.165) is 11.3 Å². The molecule has 0 radical (unpaired) electrons. The molecule has 2 nitrogen and oxygen atoms in total. The van der Waals surface area contributed by atoms with Gasteiger partial charge in [-0.2, -0.15) is 0 Å². The first-order valence-corrected chi connectivity index (χ1v) is 6.04. The van der Waals surface area contributed by atoms with E-state index >= 15 is 0 Å². The number of halogens is 1. The van der Waals surface area contributed by atoms with Crippen molar-refractivity contribution in [2.24, 2.45) is 0 Å². The lowest BCUT2D eigenvalue weighted by atomic mass is 10.1. The number of hydrogen-bond acceptors (Lipinski definition) is 2. The molecule has 0 fully saturated rings. The van der Waals surface area contributed by atoms with E-state index in [1.807, 2.05) is 55.5 Å². The van der Waals surface area contributed by atoms with Gasteiger partial charge in [0.05, 0.1) is 6.42 Å². The number of aryl methyl sites for hydroxylation is 1. The standard InChI is InChI=1S/C15H13ClO2/c1-11-6-8-13(9-7-11)18-14-5-3-2-4-12(14)10-15(16)17/h2-9H,10H2,1H3. The lowest BCUT2D eigenvalue weighted by Crippen LogP contribution is -1.96. The number of rotatable bonds is 4. The molecular weight excluding hydrogens is 248 g/mol. The van der Waals surface area contributed by atoms with Crippen LogP contribution in [0.1, 0.15) is 11.1 Å². The van der Waals surface area contributed by atoms with Gasteiger partial charge in [0.15, 0.2) is 0 Å². The van der Waals surface area contributed by atoms with E-state index < -0.39 is 5.24 Å². The maximum absolute atomic E-state index is 11.0. The Hall–Kier alpha value is -1.80. The zero-order valence-electron chi connectivity index (χ0n) is 10.0. The highest BCUT2D eigenvalue weighted by atomic mass is 35.5. The Balaban J connectivity index is 2.23. The van der Waals surface area contributed by atoms with E-state index in [0.29, 0.717) is 5.75 Å². The van der Waals surface area contributed by atoms with Gasteiger partial charge >= 0.3 is 0 Å². The van der Waals surface area contributed by atoms with Crippen LogP contribution in [0.4, 0.5) is 0 Å². The summed E-state index contributed by atoms with van der Waals surface area (Å²) < 4.78 is 5.75. The average Bonchev–Trinajstić information content (AvgIpc) is 2.34. The van der Waals surface area contributed by atoms with Crippen molar-refractivity contribution < 1.29 is 9.53 Å². The summed E-state index contributed by atoms with van der Waals surface area (Å²) in [4.78, 5) is 11.0. The first-order valence-electron chi connectivity index (χ1n) is 5.66. The van der Waals surface area contributed by atoms with Gasteiger partial charge in [-0.15, -0.1) is 0 Å². The Morgan fingerprint density at radius 3 is 2.44 bits per heavy atom. The first kappa shape index (κ1) is 12.7. The summed E-state index contributed by atoms with van der Waals surface area (Å²) in [5.74, 6) is 1.41. The molecule has 0 aliphatic heterocycles. The zero-order chi connectivity index (χ0) is 13.0. The number of carbonyl (C=O) groups excluding carboxylic acids is 1. The number of ether oxygens (including phenoxy) is 1. The SMILES string of the molecule is Cc1ccc(Oc2ccccc2CC(=O)Cl)cc1. The maximum atomic E-state index is 11.0. The summed E-state index contributed by atoms with van der Waals surface area (Å²) in [5, 5.41) is -0.394. The molecule has 2 aromatic carbocycles. The highest BCUT2D eigenvalue weighted by Crippen LogP contribution is 2.26. The lowest BCUT2D eigenvalue weighted by Gasteiger charge is -2.09. The van der Waals surface area contributed by atoms with E-state index in [1.54, 1.807) is 0 Å². The molecule has 0 saturated carbocycles. The van der Waals surface area contributed by atoms with Gasteiger partial charge in [-0.1, -0.05) is 35.9 Å². The molecule has 0 bridgehead atoms. The lowest BCUT2D eigenvalue weighted by molar-refractivity contribution is -0.111. The van der Waals surface area contributed by atoms with Gasteiger partial charge in [0.2, 0.25) is 5.24 Å². The number of benzene rings is 2. The smallest absolute Gasteiger partial charge is 0.226 e. The largest absolute Gasteiger partial charge is 0.457 e. The van der Waals surface area contributed by atoms with E-state index in [1.165, 1.54) is 5.56 Å². The van der Waals surface area contributed by atoms with Crippen molar-refractivity contribution in [2.45, 2.75) is 13.3 Å². The molecule has 0 N–H and O–H groups in total. The minimum atomic E-state index is -0.394. The monoisotopic (exact) mass is 260 g/mol. The van der Waals surface area contributed by atoms with Gasteiger partial charge in [0, 0.05) is 5.56 Å². The van der Waals surface area contributed by atoms with Gasteiger partial charge < -0.3 is 4.74 Å². The Morgan fingerprint density at radius 2 is 1.78 bits per heavy atom. The molecule has 0 unspecified atom stereocenters. The number of carbonyl (C=O) groups is 1. The molecule has 0 aliphatic rings. The Morgan fingerprint density at radius 1 is 1.11 bits per heavy atom. The highest BCUT2D eigenvalue weighted by Gasteiger charge is 2.07. The molecule has 0 atom stereocenters. The van der Waals surface area contributed by atoms with Crippen LogP contribution in [0.15, 0.2) is 48.5 Å². The van der Waals surface area contributed by atoms with Crippen LogP contribution < -0.4 is 4.74 Å². The van der Waals surface area contributed by atoms with Crippen molar-refractivity contribution in [1.29, 1.82) is 0 Å². The third-order valence-electron chi connectivity index (χ3n) is 2.55. The fourth-order valence-corrected chi connectivity index (χ4v) is 1.78. The predicted molar refractivity (Wildman–Crippen MR) is 72.3 cm³/mol. The summed E-state index contributed by atoms with van der Waals surface area (Å²) in [6.07, 6.45) is 0.170. The fraction of sp³-hybridized carbons (Fsp3) is 0.133. The summed E-state index contributed by atoms with van der Waals surface area (Å²) in [6.45, 7) is 2.02. The second kappa shape index (κ2) is 5.69. The molecule has 0 saturated heterocycles. The highest BCUT2D eigenvalue weighted by molar-refractivity contribution is 6.63. The molecule has 0 spiro atoms. The predicted octanol–water partition coefficient (Wildman–Crippen LogP) is 4.10. The van der Waals surface area contributed by atoms with Crippen LogP contribution >= 0.6 is 11.6 Å². The molecule has 2 rings (SSSR count). The Labute approximate surface area is 111 Å². The second-order valence-corrected chi connectivity index (χ2v) is 4.48. The van der Waals surface area contributed by atoms with Crippen LogP contribution in [0.3, 0.4) is 0 Å². The molecule has 0 heterocycles. The van der Waals surface area contributed by atoms with Crippen LogP contribution in [-0.2, 0) is 11.2 Å². The summed E-state index contributed by atoms with van der Waals surface area (Å²) >= 11 is 5.41. The molecule has 92 valence electrons. The Bertz CT molecular complexity index is 547. The molecular formula is C15H13ClO2. The van der Waals surface area contributed by atoms with Gasteiger partial charge in [-0.3, -0.25) is 4.79 Å². The minimum Gasteiger partial charge on any atom is -0.457 e. The van der Waals surface area contributed by atoms with Crippen molar-refractivity contribution in [3.05, 3.63) is 59.7 Å². The van der Waals surface area contributed by atoms with Crippen molar-refractivity contribution in [3.63, 3.8) is 0 Å². The third kappa shape index (κ3) is 3.34. The van der Waals surface area contributed by atoms with Gasteiger partial charge in [-0.25, -0.2) is 0 Å². The molecule has 3 heteroatoms. The van der Waals surface area contributed by atoms with E-state index in [2.05, 4.69) is 0 Å². The fourth-order valence-electron chi connectivity index (χ4n) is 1.63. The molecule has 0 amide bonds. The van der Waals surface area contributed by atoms with Gasteiger partial charge in [-0.05, 0) is 36.7 Å². The molecule has 0 aromatic heterocycles. The number of para-hydroxylation sites is 1. The molecule has 2 aromatic rings. The maximum Gasteiger partial charge on any atom is 0.226 e. The first-order chi connectivity index (χ1) is 8.65. The topological polar surface area (TPSA) is 26.3 Å². The molecule has 18 heavy (non-hydrogen) atoms. The van der Waals surface area contributed by atoms with Crippen LogP contribution in [-0.4, -0.2) is 5.24 Å². The summed E-state index contributed by atoms with van der Waals surface area (Å²) in [6, 6.07) is 15.1. The second-order valence-electron chi connectivity index (χ2n) is 4.05. The average molecular weight is 261 g/mol. The van der Waals surface area contributed by atoms with Crippen molar-refractivity contribution >= 4 is 16.8 Å². The third-order valence-corrected chi connectivity index (χ3v) is 2.68. The van der Waals surface area contributed by atoms with Crippen LogP contribution in [0.25, 0.3) is 0 Å². The van der Waals surface area contributed by atoms with Crippen LogP contribution in [0, 0.1) is 6.92 Å². The van der Waals surface area contributed by atoms with Crippen molar-refractivity contribution in [3.8, 4) is 11.5 Å². The number of hydrogen-bond donors (Lipinski definition) is 0. The minimum absolute atomic E-state index is 0.170. The summed E-state index contributed by atoms with van der Waals surface area (Å²) in [7, 11) is 0. The van der Waals surface area contributed by atoms with E-state index in [-0.39, 0.29) is 6.42 Å². The Kier molecular flexibility index (Phi) is 4.00. The summed E-state index contributed by atoms with van der Waals surface area (Å²) in [5.41, 5.74) is 1.96. The van der Waals surface area contributed by atoms with Gasteiger partial charge in [0.1, 0.15) is 11.5 Å². The normalized spacial score (nSPS) is 10.1. The van der Waals surface area contributed by atoms with E-state index in [9.17, 15) is 4.79 Å². The van der Waals surface area contributed by atoms with E-state index in [4.69, 9.17) is 16.3 Å². The quantitative estimate of drug-likeness (QED) is 0.774. The molecule has 0 aliphatic carbocycles. The van der Waals surface area contributed by atoms with Crippen molar-refractivity contribution in [2.75, 3.05) is 0 Å².